The van der Waals surface area contributed by atoms with Crippen molar-refractivity contribution in [2.75, 3.05) is 13.1 Å². The number of nitrogens with zero attached hydrogens (tertiary/aromatic N) is 1. The quantitative estimate of drug-likeness (QED) is 0.555. The molecule has 0 bridgehead atoms. The number of hydrogen-bond acceptors (Lipinski definition) is 1. The van der Waals surface area contributed by atoms with Gasteiger partial charge in [-0.1, -0.05) is 6.92 Å². The van der Waals surface area contributed by atoms with Crippen molar-refractivity contribution in [1.29, 1.82) is 0 Å². The topological polar surface area (TPSA) is 3.24 Å². The predicted octanol–water partition coefficient (Wildman–Crippen LogP) is 1.32. The van der Waals surface area contributed by atoms with E-state index in [4.69, 9.17) is 6.42 Å². The van der Waals surface area contributed by atoms with E-state index in [0.29, 0.717) is 0 Å². The van der Waals surface area contributed by atoms with Gasteiger partial charge in [0.2, 0.25) is 0 Å². The Morgan fingerprint density at radius 2 is 1.41 bits per heavy atom. The van der Waals surface area contributed by atoms with Gasteiger partial charge in [-0.2, -0.15) is 0 Å². The largest absolute Gasteiger partial charge is 0.332 e. The van der Waals surface area contributed by atoms with E-state index in [0.717, 1.165) is 19.0 Å². The van der Waals surface area contributed by atoms with E-state index in [-0.39, 0.29) is 0 Å². The molecule has 0 amide bonds. The van der Waals surface area contributed by atoms with Crippen molar-refractivity contribution in [2.45, 2.75) is 19.8 Å². The molecule has 0 N–H and O–H groups in total. The summed E-state index contributed by atoms with van der Waals surface area (Å²) in [4.78, 5) is 2.11. The van der Waals surface area contributed by atoms with Crippen LogP contribution in [0.15, 0.2) is 0 Å². The van der Waals surface area contributed by atoms with E-state index < -0.39 is 0 Å². The van der Waals surface area contributed by atoms with Gasteiger partial charge in [0.25, 0.3) is 0 Å². The molecule has 1 fully saturated rings. The Bertz CT molecular complexity index is 524. The Labute approximate surface area is 104 Å². The second kappa shape index (κ2) is 7.84. The van der Waals surface area contributed by atoms with Crippen LogP contribution in [-0.2, 0) is 0 Å². The Morgan fingerprint density at radius 3 is 2.00 bits per heavy atom. The third-order valence-electron chi connectivity index (χ3n) is 2.44. The maximum atomic E-state index is 4.93. The lowest BCUT2D eigenvalue weighted by molar-refractivity contribution is 0.268. The van der Waals surface area contributed by atoms with Crippen LogP contribution in [0.2, 0.25) is 0 Å². The van der Waals surface area contributed by atoms with Gasteiger partial charge in [-0.15, -0.1) is 6.42 Å². The molecule has 1 nitrogen and oxygen atoms in total. The smallest absolute Gasteiger partial charge is 0.0263 e. The molecule has 0 aromatic carbocycles. The summed E-state index contributed by atoms with van der Waals surface area (Å²) in [5, 5.41) is 0. The fraction of sp³-hybridized carbons (Fsp3) is 0.375. The van der Waals surface area contributed by atoms with Gasteiger partial charge in [-0.05, 0) is 42.4 Å². The van der Waals surface area contributed by atoms with Gasteiger partial charge in [0.1, 0.15) is 0 Å². The number of likely N-dealkylation sites (tertiary alicyclic amines) is 1. The number of terminal acetylenes is 1. The average Bonchev–Trinajstić information content (AvgIpc) is 2.35. The normalized spacial score (nSPS) is 13.3. The minimum Gasteiger partial charge on any atom is -0.332 e. The van der Waals surface area contributed by atoms with Gasteiger partial charge in [-0.3, -0.25) is 0 Å². The highest BCUT2D eigenvalue weighted by Gasteiger charge is 2.12. The van der Waals surface area contributed by atoms with Crippen LogP contribution < -0.4 is 0 Å². The molecule has 0 aromatic heterocycles. The molecule has 0 aliphatic carbocycles. The van der Waals surface area contributed by atoms with Gasteiger partial charge < -0.3 is 4.90 Å². The Balaban J connectivity index is 2.38. The SMILES string of the molecule is C#CC#CC#CC#CC#CN1CCC(C)CC1. The summed E-state index contributed by atoms with van der Waals surface area (Å²) in [6, 6.07) is 3.02. The average molecular weight is 219 g/mol. The molecule has 1 aliphatic rings. The van der Waals surface area contributed by atoms with Gasteiger partial charge in [-0.25, -0.2) is 0 Å². The van der Waals surface area contributed by atoms with Crippen LogP contribution in [0.5, 0.6) is 0 Å². The van der Waals surface area contributed by atoms with Crippen LogP contribution in [0.25, 0.3) is 0 Å². The third-order valence-corrected chi connectivity index (χ3v) is 2.44. The van der Waals surface area contributed by atoms with Crippen LogP contribution >= 0.6 is 0 Å². The summed E-state index contributed by atoms with van der Waals surface area (Å²) in [6.07, 6.45) is 7.35. The molecule has 1 aliphatic heterocycles. The summed E-state index contributed by atoms with van der Waals surface area (Å²) in [5.41, 5.74) is 0. The fourth-order valence-corrected chi connectivity index (χ4v) is 1.42. The predicted molar refractivity (Wildman–Crippen MR) is 69.9 cm³/mol. The van der Waals surface area contributed by atoms with Crippen molar-refractivity contribution >= 4 is 0 Å². The first-order valence-corrected chi connectivity index (χ1v) is 5.54. The van der Waals surface area contributed by atoms with E-state index in [2.05, 4.69) is 65.2 Å². The molecular formula is C16H13N. The minimum atomic E-state index is 0.819. The van der Waals surface area contributed by atoms with E-state index in [1.807, 2.05) is 0 Å². The minimum absolute atomic E-state index is 0.819. The number of hydrogen-bond donors (Lipinski definition) is 0. The van der Waals surface area contributed by atoms with Crippen molar-refractivity contribution in [3.63, 3.8) is 0 Å². The van der Waals surface area contributed by atoms with Crippen LogP contribution in [0, 0.1) is 65.7 Å². The molecule has 0 saturated carbocycles. The summed E-state index contributed by atoms with van der Waals surface area (Å²) in [6.45, 7) is 4.35. The summed E-state index contributed by atoms with van der Waals surface area (Å²) < 4.78 is 0. The van der Waals surface area contributed by atoms with Crippen molar-refractivity contribution in [2.24, 2.45) is 5.92 Å². The first-order valence-electron chi connectivity index (χ1n) is 5.54. The van der Waals surface area contributed by atoms with Gasteiger partial charge in [0.15, 0.2) is 0 Å². The molecule has 1 heteroatoms. The zero-order valence-corrected chi connectivity index (χ0v) is 9.93. The van der Waals surface area contributed by atoms with Crippen LogP contribution in [0.1, 0.15) is 19.8 Å². The highest BCUT2D eigenvalue weighted by molar-refractivity contribution is 5.41. The van der Waals surface area contributed by atoms with Crippen molar-refractivity contribution in [3.05, 3.63) is 0 Å². The molecule has 1 saturated heterocycles. The molecule has 82 valence electrons. The fourth-order valence-electron chi connectivity index (χ4n) is 1.42. The maximum Gasteiger partial charge on any atom is 0.0263 e. The molecule has 17 heavy (non-hydrogen) atoms. The monoisotopic (exact) mass is 219 g/mol. The molecule has 0 aromatic rings. The molecular weight excluding hydrogens is 206 g/mol. The van der Waals surface area contributed by atoms with Gasteiger partial charge >= 0.3 is 0 Å². The Hall–Kier alpha value is -2.40. The van der Waals surface area contributed by atoms with Crippen molar-refractivity contribution < 1.29 is 0 Å². The van der Waals surface area contributed by atoms with Gasteiger partial charge in [0, 0.05) is 42.8 Å². The highest BCUT2D eigenvalue weighted by atomic mass is 15.1. The summed E-state index contributed by atoms with van der Waals surface area (Å²) in [5.74, 6) is 21.0. The molecule has 0 unspecified atom stereocenters. The molecule has 1 heterocycles. The lowest BCUT2D eigenvalue weighted by Gasteiger charge is -2.26. The first kappa shape index (κ1) is 12.7. The van der Waals surface area contributed by atoms with E-state index in [1.54, 1.807) is 0 Å². The highest BCUT2D eigenvalue weighted by Crippen LogP contribution is 2.14. The number of rotatable bonds is 0. The molecule has 1 rings (SSSR count). The molecule has 0 radical (unpaired) electrons. The molecule has 0 spiro atoms. The zero-order chi connectivity index (χ0) is 12.3. The lowest BCUT2D eigenvalue weighted by Crippen LogP contribution is -2.28. The van der Waals surface area contributed by atoms with E-state index in [9.17, 15) is 0 Å². The van der Waals surface area contributed by atoms with E-state index >= 15 is 0 Å². The number of piperidine rings is 1. The lowest BCUT2D eigenvalue weighted by atomic mass is 10.00. The van der Waals surface area contributed by atoms with Crippen LogP contribution in [0.3, 0.4) is 0 Å². The Kier molecular flexibility index (Phi) is 5.84. The Morgan fingerprint density at radius 1 is 0.882 bits per heavy atom. The van der Waals surface area contributed by atoms with Crippen LogP contribution in [-0.4, -0.2) is 18.0 Å². The third kappa shape index (κ3) is 5.91. The molecule has 0 atom stereocenters. The second-order valence-electron chi connectivity index (χ2n) is 3.80. The summed E-state index contributed by atoms with van der Waals surface area (Å²) in [7, 11) is 0. The zero-order valence-electron chi connectivity index (χ0n) is 9.93. The van der Waals surface area contributed by atoms with Crippen molar-refractivity contribution in [1.82, 2.24) is 4.90 Å². The van der Waals surface area contributed by atoms with Crippen LogP contribution in [0.4, 0.5) is 0 Å². The first-order chi connectivity index (χ1) is 8.33. The van der Waals surface area contributed by atoms with Crippen molar-refractivity contribution in [3.8, 4) is 59.8 Å². The second-order valence-corrected chi connectivity index (χ2v) is 3.80. The van der Waals surface area contributed by atoms with E-state index in [1.165, 1.54) is 12.8 Å². The maximum absolute atomic E-state index is 4.93. The summed E-state index contributed by atoms with van der Waals surface area (Å²) >= 11 is 0. The van der Waals surface area contributed by atoms with Gasteiger partial charge in [0.05, 0.1) is 0 Å². The standard InChI is InChI=1S/C16H13N/c1-3-4-5-6-7-8-9-10-13-17-14-11-16(2)12-15-17/h1,16H,11-12,14-15H2,2H3.